The van der Waals surface area contributed by atoms with Crippen LogP contribution in [0.5, 0.6) is 5.75 Å². The molecule has 0 amide bonds. The number of nitrogens with one attached hydrogen (secondary N) is 1. The molecule has 9 nitrogen and oxygen atoms in total. The molecule has 0 aliphatic carbocycles. The summed E-state index contributed by atoms with van der Waals surface area (Å²) < 4.78 is 54.6. The fourth-order valence-electron chi connectivity index (χ4n) is 4.14. The Morgan fingerprint density at radius 3 is 2.47 bits per heavy atom. The lowest BCUT2D eigenvalue weighted by molar-refractivity contribution is 0.241. The normalized spacial score (nSPS) is 21.2. The van der Waals surface area contributed by atoms with Crippen molar-refractivity contribution in [1.29, 1.82) is 0 Å². The molecule has 32 heavy (non-hydrogen) atoms. The van der Waals surface area contributed by atoms with E-state index in [9.17, 15) is 27.0 Å². The van der Waals surface area contributed by atoms with Crippen LogP contribution in [0.3, 0.4) is 0 Å². The quantitative estimate of drug-likeness (QED) is 0.584. The van der Waals surface area contributed by atoms with Crippen molar-refractivity contribution in [1.82, 2.24) is 9.03 Å². The molecule has 0 spiro atoms. The summed E-state index contributed by atoms with van der Waals surface area (Å²) in [5, 5.41) is 19.8. The van der Waals surface area contributed by atoms with Gasteiger partial charge in [0, 0.05) is 12.6 Å². The van der Waals surface area contributed by atoms with Crippen molar-refractivity contribution in [2.75, 3.05) is 10.8 Å². The summed E-state index contributed by atoms with van der Waals surface area (Å²) in [6, 6.07) is 12.9. The van der Waals surface area contributed by atoms with E-state index in [1.165, 1.54) is 12.1 Å². The van der Waals surface area contributed by atoms with Gasteiger partial charge in [-0.25, -0.2) is 17.4 Å². The molecule has 0 unspecified atom stereocenters. The van der Waals surface area contributed by atoms with Crippen LogP contribution in [0.15, 0.2) is 65.5 Å². The van der Waals surface area contributed by atoms with E-state index in [0.717, 1.165) is 35.3 Å². The molecule has 2 aliphatic rings. The van der Waals surface area contributed by atoms with Crippen molar-refractivity contribution in [2.45, 2.75) is 43.0 Å². The van der Waals surface area contributed by atoms with E-state index in [1.54, 1.807) is 40.7 Å². The third-order valence-corrected chi connectivity index (χ3v) is 8.95. The second-order valence-electron chi connectivity index (χ2n) is 7.86. The van der Waals surface area contributed by atoms with Crippen molar-refractivity contribution in [3.8, 4) is 5.75 Å². The van der Waals surface area contributed by atoms with Gasteiger partial charge in [-0.15, -0.1) is 0 Å². The van der Waals surface area contributed by atoms with E-state index in [4.69, 9.17) is 0 Å². The molecule has 0 aromatic heterocycles. The number of aliphatic hydroxyl groups excluding tert-OH is 1. The number of benzene rings is 2. The first-order valence-corrected chi connectivity index (χ1v) is 13.2. The first kappa shape index (κ1) is 22.4. The van der Waals surface area contributed by atoms with Crippen LogP contribution in [0.2, 0.25) is 0 Å². The maximum atomic E-state index is 13.1. The summed E-state index contributed by atoms with van der Waals surface area (Å²) in [4.78, 5) is 0.283. The third kappa shape index (κ3) is 4.41. The molecule has 0 radical (unpaired) electrons. The average Bonchev–Trinajstić information content (AvgIpc) is 3.04. The highest BCUT2D eigenvalue weighted by Gasteiger charge is 2.33. The Labute approximate surface area is 187 Å². The number of aryl methyl sites for hydroxylation is 1. The Bertz CT molecular complexity index is 1230. The van der Waals surface area contributed by atoms with Crippen LogP contribution in [0.4, 0.5) is 5.69 Å². The number of phenolic OH excluding ortho intramolecular Hbond substituents is 1. The van der Waals surface area contributed by atoms with Gasteiger partial charge in [-0.2, -0.15) is 12.7 Å². The van der Waals surface area contributed by atoms with E-state index in [2.05, 4.69) is 0 Å². The van der Waals surface area contributed by atoms with Gasteiger partial charge in [-0.05, 0) is 55.5 Å². The van der Waals surface area contributed by atoms with Crippen molar-refractivity contribution in [2.24, 2.45) is 0 Å². The van der Waals surface area contributed by atoms with Crippen LogP contribution in [0.1, 0.15) is 31.2 Å². The zero-order valence-corrected chi connectivity index (χ0v) is 18.9. The van der Waals surface area contributed by atoms with Crippen LogP contribution in [0.25, 0.3) is 0 Å². The number of phenols is 1. The number of sulfonamides is 1. The van der Waals surface area contributed by atoms with Crippen molar-refractivity contribution in [3.05, 3.63) is 66.2 Å². The minimum Gasteiger partial charge on any atom is -0.506 e. The summed E-state index contributed by atoms with van der Waals surface area (Å²) in [7, 11) is -7.58. The molecule has 2 aliphatic heterocycles. The van der Waals surface area contributed by atoms with Gasteiger partial charge in [-0.3, -0.25) is 0 Å². The molecule has 4 rings (SSSR count). The number of aliphatic hydroxyl groups is 1. The standard InChI is InChI=1S/C21H25N3O6S2/c25-20-14-16(10-12-19(20)24-15-21(26)22-32(24,29)30)9-11-17-6-4-5-13-23(17)31(27,28)18-7-2-1-3-8-18/h1-3,7-8,10,12,14-15,17,22,25-26H,4-6,9,11,13H2/t17-/m0/s1. The van der Waals surface area contributed by atoms with Crippen molar-refractivity contribution < 1.29 is 27.0 Å². The van der Waals surface area contributed by atoms with Gasteiger partial charge < -0.3 is 10.2 Å². The summed E-state index contributed by atoms with van der Waals surface area (Å²) in [6.07, 6.45) is 4.60. The monoisotopic (exact) mass is 479 g/mol. The topological polar surface area (TPSA) is 127 Å². The lowest BCUT2D eigenvalue weighted by Crippen LogP contribution is -2.43. The SMILES string of the molecule is O=S1(=O)NC(O)=CN1c1ccc(CC[C@@H]2CCCCN2S(=O)(=O)c2ccccc2)cc1O. The highest BCUT2D eigenvalue weighted by Crippen LogP contribution is 2.34. The molecule has 0 saturated carbocycles. The van der Waals surface area contributed by atoms with E-state index in [0.29, 0.717) is 19.4 Å². The largest absolute Gasteiger partial charge is 0.506 e. The Balaban J connectivity index is 1.49. The second kappa shape index (κ2) is 8.64. The molecule has 1 atom stereocenters. The van der Waals surface area contributed by atoms with Gasteiger partial charge >= 0.3 is 10.2 Å². The summed E-state index contributed by atoms with van der Waals surface area (Å²) in [6.45, 7) is 0.474. The average molecular weight is 480 g/mol. The van der Waals surface area contributed by atoms with Gasteiger partial charge in [0.25, 0.3) is 0 Å². The smallest absolute Gasteiger partial charge is 0.330 e. The molecule has 2 aromatic carbocycles. The molecule has 11 heteroatoms. The number of hydrogen-bond donors (Lipinski definition) is 3. The molecule has 0 bridgehead atoms. The fourth-order valence-corrected chi connectivity index (χ4v) is 6.95. The number of piperidine rings is 1. The molecule has 3 N–H and O–H groups in total. The summed E-state index contributed by atoms with van der Waals surface area (Å²) in [5.74, 6) is -0.790. The van der Waals surface area contributed by atoms with Crippen LogP contribution < -0.4 is 9.03 Å². The Morgan fingerprint density at radius 2 is 1.81 bits per heavy atom. The van der Waals surface area contributed by atoms with Crippen LogP contribution in [0, 0.1) is 0 Å². The molecule has 2 heterocycles. The van der Waals surface area contributed by atoms with Gasteiger partial charge in [0.2, 0.25) is 15.9 Å². The summed E-state index contributed by atoms with van der Waals surface area (Å²) in [5.41, 5.74) is 0.767. The lowest BCUT2D eigenvalue weighted by atomic mass is 9.97. The van der Waals surface area contributed by atoms with Gasteiger partial charge in [0.15, 0.2) is 0 Å². The van der Waals surface area contributed by atoms with E-state index < -0.39 is 26.1 Å². The first-order valence-electron chi connectivity index (χ1n) is 10.3. The molecule has 1 fully saturated rings. The maximum Gasteiger partial charge on any atom is 0.330 e. The van der Waals surface area contributed by atoms with Crippen molar-refractivity contribution >= 4 is 25.9 Å². The predicted octanol–water partition coefficient (Wildman–Crippen LogP) is 2.58. The summed E-state index contributed by atoms with van der Waals surface area (Å²) >= 11 is 0. The lowest BCUT2D eigenvalue weighted by Gasteiger charge is -2.34. The molecular weight excluding hydrogens is 454 g/mol. The maximum absolute atomic E-state index is 13.1. The predicted molar refractivity (Wildman–Crippen MR) is 120 cm³/mol. The number of hydrogen-bond acceptors (Lipinski definition) is 6. The van der Waals surface area contributed by atoms with E-state index in [-0.39, 0.29) is 22.4 Å². The minimum absolute atomic E-state index is 0.0104. The zero-order valence-electron chi connectivity index (χ0n) is 17.3. The van der Waals surface area contributed by atoms with Crippen LogP contribution in [-0.2, 0) is 26.7 Å². The highest BCUT2D eigenvalue weighted by molar-refractivity contribution is 7.91. The van der Waals surface area contributed by atoms with Gasteiger partial charge in [0.1, 0.15) is 11.4 Å². The molecular formula is C21H25N3O6S2. The number of anilines is 1. The third-order valence-electron chi connectivity index (χ3n) is 5.70. The van der Waals surface area contributed by atoms with Crippen LogP contribution >= 0.6 is 0 Å². The van der Waals surface area contributed by atoms with E-state index >= 15 is 0 Å². The molecule has 172 valence electrons. The van der Waals surface area contributed by atoms with Crippen molar-refractivity contribution in [3.63, 3.8) is 0 Å². The fraction of sp³-hybridized carbons (Fsp3) is 0.333. The number of rotatable bonds is 6. The highest BCUT2D eigenvalue weighted by atomic mass is 32.2. The number of nitrogens with zero attached hydrogens (tertiary/aromatic N) is 2. The van der Waals surface area contributed by atoms with Gasteiger partial charge in [-0.1, -0.05) is 30.7 Å². The Hall–Kier alpha value is -2.76. The Morgan fingerprint density at radius 1 is 1.06 bits per heavy atom. The second-order valence-corrected chi connectivity index (χ2v) is 11.3. The molecule has 1 saturated heterocycles. The number of aromatic hydroxyl groups is 1. The minimum atomic E-state index is -4.00. The Kier molecular flexibility index (Phi) is 6.06. The zero-order chi connectivity index (χ0) is 22.9. The molecule has 2 aromatic rings. The van der Waals surface area contributed by atoms with Crippen LogP contribution in [-0.4, -0.2) is 43.9 Å². The first-order chi connectivity index (χ1) is 15.2. The van der Waals surface area contributed by atoms with Gasteiger partial charge in [0.05, 0.1) is 11.1 Å². The van der Waals surface area contributed by atoms with E-state index in [1.807, 2.05) is 4.72 Å².